The van der Waals surface area contributed by atoms with Gasteiger partial charge in [0.1, 0.15) is 5.56 Å². The monoisotopic (exact) mass is 305 g/mol. The number of carbonyl (C=O) groups excluding carboxylic acids is 1. The van der Waals surface area contributed by atoms with Crippen LogP contribution in [0.4, 0.5) is 0 Å². The van der Waals surface area contributed by atoms with Gasteiger partial charge in [0.2, 0.25) is 0 Å². The molecule has 0 saturated heterocycles. The van der Waals surface area contributed by atoms with Crippen molar-refractivity contribution in [3.05, 3.63) is 22.1 Å². The highest BCUT2D eigenvalue weighted by Crippen LogP contribution is 2.50. The molecule has 2 bridgehead atoms. The summed E-state index contributed by atoms with van der Waals surface area (Å²) in [5.74, 6) is 1.91. The third kappa shape index (κ3) is 2.03. The number of hydrogen-bond donors (Lipinski definition) is 1. The standard InChI is InChI=1S/C15H19N3O2S/c1-15(7-9-2-3-10(15)6-9)17-12(19)11-8-16-14-18(13(11)20)4-5-21-14/h8-10H,2-7H2,1H3,(H,17,19). The highest BCUT2D eigenvalue weighted by atomic mass is 32.2. The molecule has 3 aliphatic rings. The van der Waals surface area contributed by atoms with Gasteiger partial charge in [-0.05, 0) is 44.4 Å². The van der Waals surface area contributed by atoms with E-state index in [4.69, 9.17) is 0 Å². The minimum absolute atomic E-state index is 0.148. The summed E-state index contributed by atoms with van der Waals surface area (Å²) in [7, 11) is 0. The summed E-state index contributed by atoms with van der Waals surface area (Å²) in [6.07, 6.45) is 6.18. The average molecular weight is 305 g/mol. The molecule has 1 N–H and O–H groups in total. The molecule has 1 amide bonds. The van der Waals surface area contributed by atoms with Crippen LogP contribution in [0.3, 0.4) is 0 Å². The molecule has 21 heavy (non-hydrogen) atoms. The zero-order chi connectivity index (χ0) is 14.6. The topological polar surface area (TPSA) is 64.0 Å². The largest absolute Gasteiger partial charge is 0.346 e. The number of carbonyl (C=O) groups is 1. The molecule has 5 nitrogen and oxygen atoms in total. The summed E-state index contributed by atoms with van der Waals surface area (Å²) in [4.78, 5) is 29.2. The van der Waals surface area contributed by atoms with Crippen molar-refractivity contribution in [2.75, 3.05) is 5.75 Å². The molecule has 1 aromatic heterocycles. The van der Waals surface area contributed by atoms with Crippen LogP contribution in [0.15, 0.2) is 16.1 Å². The van der Waals surface area contributed by atoms with E-state index < -0.39 is 0 Å². The Bertz CT molecular complexity index is 671. The fourth-order valence-corrected chi connectivity index (χ4v) is 5.17. The first kappa shape index (κ1) is 13.4. The molecule has 2 heterocycles. The predicted octanol–water partition coefficient (Wildman–Crippen LogP) is 1.66. The van der Waals surface area contributed by atoms with Gasteiger partial charge >= 0.3 is 0 Å². The zero-order valence-electron chi connectivity index (χ0n) is 12.1. The van der Waals surface area contributed by atoms with Crippen LogP contribution in [-0.4, -0.2) is 26.8 Å². The Kier molecular flexibility index (Phi) is 2.93. The first-order chi connectivity index (χ1) is 10.1. The average Bonchev–Trinajstić information content (AvgIpc) is 3.12. The van der Waals surface area contributed by atoms with E-state index in [0.29, 0.717) is 12.5 Å². The van der Waals surface area contributed by atoms with Crippen molar-refractivity contribution >= 4 is 17.7 Å². The van der Waals surface area contributed by atoms with Crippen LogP contribution < -0.4 is 10.9 Å². The summed E-state index contributed by atoms with van der Waals surface area (Å²) >= 11 is 1.56. The Morgan fingerprint density at radius 3 is 3.10 bits per heavy atom. The van der Waals surface area contributed by atoms with E-state index in [1.165, 1.54) is 25.5 Å². The van der Waals surface area contributed by atoms with E-state index in [2.05, 4.69) is 17.2 Å². The van der Waals surface area contributed by atoms with Gasteiger partial charge in [0.15, 0.2) is 5.16 Å². The maximum absolute atomic E-state index is 12.5. The van der Waals surface area contributed by atoms with Crippen molar-refractivity contribution in [1.29, 1.82) is 0 Å². The summed E-state index contributed by atoms with van der Waals surface area (Å²) < 4.78 is 1.61. The molecule has 0 spiro atoms. The van der Waals surface area contributed by atoms with E-state index in [0.717, 1.165) is 23.2 Å². The van der Waals surface area contributed by atoms with Crippen molar-refractivity contribution in [2.45, 2.75) is 49.8 Å². The molecule has 1 aliphatic heterocycles. The van der Waals surface area contributed by atoms with E-state index in [9.17, 15) is 9.59 Å². The molecule has 6 heteroatoms. The lowest BCUT2D eigenvalue weighted by molar-refractivity contribution is 0.0866. The van der Waals surface area contributed by atoms with Crippen molar-refractivity contribution in [3.63, 3.8) is 0 Å². The third-order valence-electron chi connectivity index (χ3n) is 5.36. The Balaban J connectivity index is 1.60. The molecule has 2 saturated carbocycles. The Labute approximate surface area is 127 Å². The lowest BCUT2D eigenvalue weighted by Gasteiger charge is -2.35. The van der Waals surface area contributed by atoms with Gasteiger partial charge in [-0.1, -0.05) is 11.8 Å². The summed E-state index contributed by atoms with van der Waals surface area (Å²) in [5, 5.41) is 3.86. The van der Waals surface area contributed by atoms with Gasteiger partial charge in [-0.15, -0.1) is 0 Å². The fourth-order valence-electron chi connectivity index (χ4n) is 4.26. The van der Waals surface area contributed by atoms with Gasteiger partial charge in [0.05, 0.1) is 0 Å². The van der Waals surface area contributed by atoms with Crippen LogP contribution in [0.25, 0.3) is 0 Å². The Hall–Kier alpha value is -1.30. The number of amides is 1. The maximum atomic E-state index is 12.5. The van der Waals surface area contributed by atoms with Gasteiger partial charge < -0.3 is 5.32 Å². The third-order valence-corrected chi connectivity index (χ3v) is 6.33. The molecule has 3 atom stereocenters. The number of thioether (sulfide) groups is 1. The second-order valence-corrected chi connectivity index (χ2v) is 7.77. The normalized spacial score (nSPS) is 33.2. The minimum Gasteiger partial charge on any atom is -0.346 e. The van der Waals surface area contributed by atoms with Crippen LogP contribution in [0.2, 0.25) is 0 Å². The zero-order valence-corrected chi connectivity index (χ0v) is 12.9. The lowest BCUT2D eigenvalue weighted by Crippen LogP contribution is -2.51. The quantitative estimate of drug-likeness (QED) is 0.844. The number of aromatic nitrogens is 2. The van der Waals surface area contributed by atoms with Crippen LogP contribution in [0, 0.1) is 11.8 Å². The van der Waals surface area contributed by atoms with Crippen molar-refractivity contribution in [3.8, 4) is 0 Å². The van der Waals surface area contributed by atoms with Gasteiger partial charge in [0.25, 0.3) is 11.5 Å². The van der Waals surface area contributed by atoms with Crippen molar-refractivity contribution in [1.82, 2.24) is 14.9 Å². The second kappa shape index (κ2) is 4.60. The van der Waals surface area contributed by atoms with Crippen LogP contribution in [-0.2, 0) is 6.54 Å². The second-order valence-electron chi connectivity index (χ2n) is 6.71. The van der Waals surface area contributed by atoms with Gasteiger partial charge in [-0.2, -0.15) is 0 Å². The van der Waals surface area contributed by atoms with Crippen LogP contribution in [0.5, 0.6) is 0 Å². The summed E-state index contributed by atoms with van der Waals surface area (Å²) in [6.45, 7) is 2.78. The first-order valence-electron chi connectivity index (χ1n) is 7.62. The van der Waals surface area contributed by atoms with Crippen LogP contribution in [0.1, 0.15) is 43.0 Å². The lowest BCUT2D eigenvalue weighted by atomic mass is 9.82. The molecule has 0 aromatic carbocycles. The molecule has 2 aliphatic carbocycles. The smallest absolute Gasteiger partial charge is 0.267 e. The number of rotatable bonds is 2. The number of hydrogen-bond acceptors (Lipinski definition) is 4. The molecule has 3 unspecified atom stereocenters. The molecule has 112 valence electrons. The van der Waals surface area contributed by atoms with E-state index >= 15 is 0 Å². The van der Waals surface area contributed by atoms with Gasteiger partial charge in [0, 0.05) is 24.0 Å². The SMILES string of the molecule is CC1(NC(=O)c2cnc3n(c2=O)CCS3)CC2CCC1C2. The number of fused-ring (bicyclic) bond motifs is 3. The van der Waals surface area contributed by atoms with Crippen LogP contribution >= 0.6 is 11.8 Å². The molecule has 2 fully saturated rings. The molecule has 1 aromatic rings. The van der Waals surface area contributed by atoms with Gasteiger partial charge in [-0.25, -0.2) is 4.98 Å². The Morgan fingerprint density at radius 2 is 2.38 bits per heavy atom. The molecule has 4 rings (SSSR count). The summed E-state index contributed by atoms with van der Waals surface area (Å²) in [6, 6.07) is 0. The van der Waals surface area contributed by atoms with E-state index in [1.807, 2.05) is 0 Å². The minimum atomic E-state index is -0.255. The number of nitrogens with one attached hydrogen (secondary N) is 1. The summed E-state index contributed by atoms with van der Waals surface area (Å²) in [5.41, 5.74) is -0.162. The highest BCUT2D eigenvalue weighted by Gasteiger charge is 2.48. The molecule has 0 radical (unpaired) electrons. The van der Waals surface area contributed by atoms with Crippen molar-refractivity contribution in [2.24, 2.45) is 11.8 Å². The highest BCUT2D eigenvalue weighted by molar-refractivity contribution is 7.99. The maximum Gasteiger partial charge on any atom is 0.267 e. The number of nitrogens with zero attached hydrogens (tertiary/aromatic N) is 2. The molecular weight excluding hydrogens is 286 g/mol. The first-order valence-corrected chi connectivity index (χ1v) is 8.60. The molecular formula is C15H19N3O2S. The van der Waals surface area contributed by atoms with E-state index in [-0.39, 0.29) is 22.6 Å². The fraction of sp³-hybridized carbons (Fsp3) is 0.667. The van der Waals surface area contributed by atoms with E-state index in [1.54, 1.807) is 16.3 Å². The Morgan fingerprint density at radius 1 is 1.52 bits per heavy atom. The van der Waals surface area contributed by atoms with Gasteiger partial charge in [-0.3, -0.25) is 14.2 Å². The van der Waals surface area contributed by atoms with Crippen molar-refractivity contribution < 1.29 is 4.79 Å². The predicted molar refractivity (Wildman–Crippen MR) is 80.5 cm³/mol.